The molecule has 2 heteroatoms. The average molecular weight is 203 g/mol. The first-order valence-corrected chi connectivity index (χ1v) is 5.40. The molecule has 80 valence electrons. The summed E-state index contributed by atoms with van der Waals surface area (Å²) in [6, 6.07) is 6.29. The van der Waals surface area contributed by atoms with Crippen molar-refractivity contribution < 1.29 is 4.74 Å². The normalized spacial score (nSPS) is 14.4. The van der Waals surface area contributed by atoms with Gasteiger partial charge >= 0.3 is 0 Å². The summed E-state index contributed by atoms with van der Waals surface area (Å²) in [5, 5.41) is 0. The van der Waals surface area contributed by atoms with Crippen molar-refractivity contribution in [2.24, 2.45) is 5.73 Å². The second kappa shape index (κ2) is 4.49. The van der Waals surface area contributed by atoms with Crippen LogP contribution >= 0.6 is 0 Å². The average Bonchev–Trinajstić information content (AvgIpc) is 2.28. The largest absolute Gasteiger partial charge is 0.497 e. The van der Waals surface area contributed by atoms with E-state index in [1.54, 1.807) is 7.11 Å². The number of hydrogen-bond acceptors (Lipinski definition) is 2. The quantitative estimate of drug-likeness (QED) is 0.818. The summed E-state index contributed by atoms with van der Waals surface area (Å²) in [7, 11) is 1.70. The van der Waals surface area contributed by atoms with Crippen LogP contribution in [0.5, 0.6) is 5.75 Å². The first-order valence-electron chi connectivity index (χ1n) is 5.40. The lowest BCUT2D eigenvalue weighted by atomic mass is 9.91. The van der Waals surface area contributed by atoms with Crippen molar-refractivity contribution in [2.75, 3.05) is 13.7 Å². The molecule has 1 aromatic carbocycles. The first kappa shape index (κ1) is 10.2. The Morgan fingerprint density at radius 1 is 1.33 bits per heavy atom. The molecule has 0 bridgehead atoms. The van der Waals surface area contributed by atoms with E-state index in [4.69, 9.17) is 10.5 Å². The van der Waals surface area contributed by atoms with Crippen LogP contribution in [0.3, 0.4) is 0 Å². The van der Waals surface area contributed by atoms with Crippen LogP contribution in [0.15, 0.2) is 23.8 Å². The molecule has 0 aromatic heterocycles. The van der Waals surface area contributed by atoms with Gasteiger partial charge in [-0.3, -0.25) is 0 Å². The molecule has 2 N–H and O–H groups in total. The molecule has 0 saturated carbocycles. The van der Waals surface area contributed by atoms with E-state index < -0.39 is 0 Å². The van der Waals surface area contributed by atoms with Gasteiger partial charge in [0.25, 0.3) is 0 Å². The van der Waals surface area contributed by atoms with Gasteiger partial charge in [-0.1, -0.05) is 17.7 Å². The Morgan fingerprint density at radius 3 is 2.93 bits per heavy atom. The summed E-state index contributed by atoms with van der Waals surface area (Å²) in [5.41, 5.74) is 9.74. The molecule has 1 aliphatic rings. The molecule has 1 aromatic rings. The zero-order chi connectivity index (χ0) is 10.7. The van der Waals surface area contributed by atoms with Crippen molar-refractivity contribution in [1.29, 1.82) is 0 Å². The molecule has 2 nitrogen and oxygen atoms in total. The maximum atomic E-state index is 5.57. The van der Waals surface area contributed by atoms with Crippen LogP contribution in [0.25, 0.3) is 6.08 Å². The third-order valence-electron chi connectivity index (χ3n) is 2.89. The molecule has 0 heterocycles. The summed E-state index contributed by atoms with van der Waals surface area (Å²) in [6.45, 7) is 0.741. The Balaban J connectivity index is 2.30. The predicted molar refractivity (Wildman–Crippen MR) is 63.0 cm³/mol. The number of aryl methyl sites for hydroxylation is 1. The highest BCUT2D eigenvalue weighted by Gasteiger charge is 2.10. The number of hydrogen-bond donors (Lipinski definition) is 1. The minimum Gasteiger partial charge on any atom is -0.497 e. The van der Waals surface area contributed by atoms with Gasteiger partial charge in [0.05, 0.1) is 7.11 Å². The third kappa shape index (κ3) is 2.21. The number of rotatable bonds is 3. The molecule has 0 saturated heterocycles. The molecule has 0 amide bonds. The van der Waals surface area contributed by atoms with Crippen LogP contribution in [0, 0.1) is 0 Å². The van der Waals surface area contributed by atoms with Crippen molar-refractivity contribution in [3.8, 4) is 5.75 Å². The molecule has 0 aliphatic heterocycles. The highest BCUT2D eigenvalue weighted by Crippen LogP contribution is 2.28. The lowest BCUT2D eigenvalue weighted by Crippen LogP contribution is -2.05. The fourth-order valence-corrected chi connectivity index (χ4v) is 2.03. The number of methoxy groups -OCH3 is 1. The van der Waals surface area contributed by atoms with E-state index in [1.165, 1.54) is 16.7 Å². The molecular formula is C13H17NO. The summed E-state index contributed by atoms with van der Waals surface area (Å²) < 4.78 is 5.22. The monoisotopic (exact) mass is 203 g/mol. The van der Waals surface area contributed by atoms with E-state index in [0.717, 1.165) is 31.6 Å². The molecule has 15 heavy (non-hydrogen) atoms. The number of nitrogens with two attached hydrogens (primary N) is 1. The van der Waals surface area contributed by atoms with E-state index in [9.17, 15) is 0 Å². The summed E-state index contributed by atoms with van der Waals surface area (Å²) in [4.78, 5) is 0. The minimum absolute atomic E-state index is 0.741. The first-order chi connectivity index (χ1) is 7.33. The zero-order valence-corrected chi connectivity index (χ0v) is 9.12. The predicted octanol–water partition coefficient (Wildman–Crippen LogP) is 2.37. The van der Waals surface area contributed by atoms with Crippen molar-refractivity contribution in [2.45, 2.75) is 19.3 Å². The summed E-state index contributed by atoms with van der Waals surface area (Å²) >= 11 is 0. The van der Waals surface area contributed by atoms with Gasteiger partial charge in [-0.15, -0.1) is 0 Å². The Hall–Kier alpha value is -1.28. The fourth-order valence-electron chi connectivity index (χ4n) is 2.03. The lowest BCUT2D eigenvalue weighted by Gasteiger charge is -2.16. The van der Waals surface area contributed by atoms with Gasteiger partial charge in [0.1, 0.15) is 5.75 Å². The molecule has 0 atom stereocenters. The third-order valence-corrected chi connectivity index (χ3v) is 2.89. The zero-order valence-electron chi connectivity index (χ0n) is 9.12. The molecule has 0 fully saturated rings. The minimum atomic E-state index is 0.741. The fraction of sp³-hybridized carbons (Fsp3) is 0.385. The Bertz CT molecular complexity index is 382. The second-order valence-corrected chi connectivity index (χ2v) is 3.91. The molecule has 1 aliphatic carbocycles. The van der Waals surface area contributed by atoms with E-state index in [1.807, 2.05) is 6.07 Å². The number of ether oxygens (including phenoxy) is 1. The smallest absolute Gasteiger partial charge is 0.119 e. The topological polar surface area (TPSA) is 35.2 Å². The van der Waals surface area contributed by atoms with Crippen LogP contribution < -0.4 is 10.5 Å². The molecular weight excluding hydrogens is 186 g/mol. The maximum Gasteiger partial charge on any atom is 0.119 e. The van der Waals surface area contributed by atoms with Gasteiger partial charge < -0.3 is 10.5 Å². The van der Waals surface area contributed by atoms with Crippen molar-refractivity contribution in [3.63, 3.8) is 0 Å². The van der Waals surface area contributed by atoms with Crippen molar-refractivity contribution in [1.82, 2.24) is 0 Å². The summed E-state index contributed by atoms with van der Waals surface area (Å²) in [6.07, 6.45) is 5.55. The highest BCUT2D eigenvalue weighted by molar-refractivity contribution is 5.61. The standard InChI is InChI=1S/C13H17NO/c1-15-13-5-4-11-3-2-10(6-7-14)8-12(11)9-13/h4-5,8-9H,2-3,6-7,14H2,1H3. The SMILES string of the molecule is COc1ccc2c(c1)C=C(CCN)CC2. The van der Waals surface area contributed by atoms with Gasteiger partial charge in [0.2, 0.25) is 0 Å². The van der Waals surface area contributed by atoms with Crippen LogP contribution in [0.1, 0.15) is 24.0 Å². The lowest BCUT2D eigenvalue weighted by molar-refractivity contribution is 0.414. The van der Waals surface area contributed by atoms with Crippen LogP contribution in [-0.4, -0.2) is 13.7 Å². The number of benzene rings is 1. The van der Waals surface area contributed by atoms with Gasteiger partial charge in [-0.2, -0.15) is 0 Å². The molecule has 2 rings (SSSR count). The highest BCUT2D eigenvalue weighted by atomic mass is 16.5. The van der Waals surface area contributed by atoms with Gasteiger partial charge in [0.15, 0.2) is 0 Å². The van der Waals surface area contributed by atoms with Gasteiger partial charge in [-0.05, 0) is 49.1 Å². The van der Waals surface area contributed by atoms with Gasteiger partial charge in [0, 0.05) is 0 Å². The van der Waals surface area contributed by atoms with E-state index in [2.05, 4.69) is 18.2 Å². The van der Waals surface area contributed by atoms with Gasteiger partial charge in [-0.25, -0.2) is 0 Å². The Labute approximate surface area is 90.7 Å². The van der Waals surface area contributed by atoms with Crippen LogP contribution in [0.2, 0.25) is 0 Å². The Morgan fingerprint density at radius 2 is 2.20 bits per heavy atom. The molecule has 0 spiro atoms. The Kier molecular flexibility index (Phi) is 3.07. The number of fused-ring (bicyclic) bond motifs is 1. The maximum absolute atomic E-state index is 5.57. The van der Waals surface area contributed by atoms with E-state index in [-0.39, 0.29) is 0 Å². The van der Waals surface area contributed by atoms with Crippen LogP contribution in [-0.2, 0) is 6.42 Å². The molecule has 0 radical (unpaired) electrons. The second-order valence-electron chi connectivity index (χ2n) is 3.91. The van der Waals surface area contributed by atoms with E-state index in [0.29, 0.717) is 0 Å². The molecule has 0 unspecified atom stereocenters. The van der Waals surface area contributed by atoms with Crippen molar-refractivity contribution in [3.05, 3.63) is 34.9 Å². The van der Waals surface area contributed by atoms with E-state index >= 15 is 0 Å². The van der Waals surface area contributed by atoms with Crippen molar-refractivity contribution >= 4 is 6.08 Å². The van der Waals surface area contributed by atoms with Crippen LogP contribution in [0.4, 0.5) is 0 Å². The summed E-state index contributed by atoms with van der Waals surface area (Å²) in [5.74, 6) is 0.930.